The number of benzene rings is 1. The molecule has 130 valence electrons. The number of fused-ring (bicyclic) bond motifs is 2. The third-order valence-electron chi connectivity index (χ3n) is 4.47. The largest absolute Gasteiger partial charge is 0.324 e. The predicted molar refractivity (Wildman–Crippen MR) is 99.3 cm³/mol. The van der Waals surface area contributed by atoms with Gasteiger partial charge in [0.2, 0.25) is 10.9 Å². The number of carbonyl (C=O) groups excluding carboxylic acids is 1. The van der Waals surface area contributed by atoms with Gasteiger partial charge in [0.05, 0.1) is 11.2 Å². The molecule has 5 rings (SSSR count). The van der Waals surface area contributed by atoms with Crippen molar-refractivity contribution in [3.05, 3.63) is 47.4 Å². The van der Waals surface area contributed by atoms with Gasteiger partial charge in [-0.15, -0.1) is 10.2 Å². The van der Waals surface area contributed by atoms with E-state index in [9.17, 15) is 4.79 Å². The summed E-state index contributed by atoms with van der Waals surface area (Å²) < 4.78 is 1.84. The molecule has 3 heterocycles. The van der Waals surface area contributed by atoms with Crippen molar-refractivity contribution in [1.29, 1.82) is 0 Å². The first kappa shape index (κ1) is 15.4. The molecule has 0 spiro atoms. The molecule has 0 atom stereocenters. The number of aromatic nitrogens is 5. The molecular weight excluding hydrogens is 348 g/mol. The summed E-state index contributed by atoms with van der Waals surface area (Å²) in [5.74, 6) is 1.41. The average Bonchev–Trinajstić information content (AvgIpc) is 3.29. The molecular formula is C18H16N6OS. The summed E-state index contributed by atoms with van der Waals surface area (Å²) in [6.45, 7) is 0. The van der Waals surface area contributed by atoms with Gasteiger partial charge in [0, 0.05) is 30.3 Å². The summed E-state index contributed by atoms with van der Waals surface area (Å²) in [5.41, 5.74) is 1.54. The van der Waals surface area contributed by atoms with Crippen LogP contribution in [0.5, 0.6) is 0 Å². The van der Waals surface area contributed by atoms with Crippen LogP contribution in [0.25, 0.3) is 15.9 Å². The molecule has 0 bridgehead atoms. The maximum atomic E-state index is 12.4. The summed E-state index contributed by atoms with van der Waals surface area (Å²) in [4.78, 5) is 17.5. The number of nitrogens with zero attached hydrogens (tertiary/aromatic N) is 5. The zero-order chi connectivity index (χ0) is 17.5. The van der Waals surface area contributed by atoms with Crippen molar-refractivity contribution in [2.24, 2.45) is 0 Å². The quantitative estimate of drug-likeness (QED) is 0.588. The summed E-state index contributed by atoms with van der Waals surface area (Å²) in [7, 11) is 0. The van der Waals surface area contributed by atoms with E-state index < -0.39 is 0 Å². The third-order valence-corrected chi connectivity index (χ3v) is 5.43. The summed E-state index contributed by atoms with van der Waals surface area (Å²) in [6.07, 6.45) is 5.01. The number of hydrogen-bond donors (Lipinski definition) is 1. The highest BCUT2D eigenvalue weighted by Gasteiger charge is 2.30. The Kier molecular flexibility index (Phi) is 3.63. The van der Waals surface area contributed by atoms with Gasteiger partial charge in [0.15, 0.2) is 5.82 Å². The fraction of sp³-hybridized carbons (Fsp3) is 0.278. The molecule has 7 nitrogen and oxygen atoms in total. The van der Waals surface area contributed by atoms with Crippen LogP contribution in [0.1, 0.15) is 36.0 Å². The van der Waals surface area contributed by atoms with E-state index in [4.69, 9.17) is 0 Å². The molecule has 8 heteroatoms. The number of hydrogen-bond acceptors (Lipinski definition) is 6. The lowest BCUT2D eigenvalue weighted by atomic mass is 10.2. The number of rotatable bonds is 5. The summed E-state index contributed by atoms with van der Waals surface area (Å²) in [5, 5.41) is 17.9. The Hall–Kier alpha value is -2.87. The van der Waals surface area contributed by atoms with E-state index in [0.29, 0.717) is 18.8 Å². The van der Waals surface area contributed by atoms with Gasteiger partial charge in [-0.05, 0) is 25.0 Å². The van der Waals surface area contributed by atoms with Crippen molar-refractivity contribution in [2.45, 2.75) is 31.6 Å². The molecule has 1 amide bonds. The summed E-state index contributed by atoms with van der Waals surface area (Å²) >= 11 is 1.50. The maximum absolute atomic E-state index is 12.4. The Morgan fingerprint density at radius 2 is 2.12 bits per heavy atom. The highest BCUT2D eigenvalue weighted by molar-refractivity contribution is 7.16. The second kappa shape index (κ2) is 6.14. The van der Waals surface area contributed by atoms with Gasteiger partial charge in [0.25, 0.3) is 0 Å². The highest BCUT2D eigenvalue weighted by Crippen LogP contribution is 2.39. The summed E-state index contributed by atoms with van der Waals surface area (Å²) in [6, 6.07) is 9.64. The van der Waals surface area contributed by atoms with Gasteiger partial charge in [-0.1, -0.05) is 29.5 Å². The minimum Gasteiger partial charge on any atom is -0.324 e. The van der Waals surface area contributed by atoms with Crippen molar-refractivity contribution in [3.63, 3.8) is 0 Å². The van der Waals surface area contributed by atoms with E-state index in [-0.39, 0.29) is 5.91 Å². The average molecular weight is 364 g/mol. The number of aryl methyl sites for hydroxylation is 1. The van der Waals surface area contributed by atoms with Crippen LogP contribution in [0, 0.1) is 0 Å². The molecule has 1 saturated carbocycles. The smallest absolute Gasteiger partial charge is 0.234 e. The zero-order valence-corrected chi connectivity index (χ0v) is 14.7. The van der Waals surface area contributed by atoms with Gasteiger partial charge in [-0.25, -0.2) is 0 Å². The molecule has 0 saturated heterocycles. The van der Waals surface area contributed by atoms with Crippen LogP contribution < -0.4 is 5.32 Å². The molecule has 0 unspecified atom stereocenters. The molecule has 1 N–H and O–H groups in total. The predicted octanol–water partition coefficient (Wildman–Crippen LogP) is 3.18. The Morgan fingerprint density at radius 3 is 3.00 bits per heavy atom. The number of para-hydroxylation sites is 1. The Morgan fingerprint density at radius 1 is 1.23 bits per heavy atom. The van der Waals surface area contributed by atoms with Gasteiger partial charge in [-0.3, -0.25) is 9.78 Å². The first-order valence-corrected chi connectivity index (χ1v) is 9.44. The molecule has 4 aromatic rings. The van der Waals surface area contributed by atoms with Crippen molar-refractivity contribution < 1.29 is 4.79 Å². The van der Waals surface area contributed by atoms with Crippen molar-refractivity contribution in [3.8, 4) is 0 Å². The number of amides is 1. The SMILES string of the molecule is O=C(CCc1nn2c(C3CC3)nnc2s1)Nc1cccc2cccnc12. The molecule has 1 aliphatic carbocycles. The van der Waals surface area contributed by atoms with E-state index in [1.165, 1.54) is 11.3 Å². The van der Waals surface area contributed by atoms with E-state index in [1.54, 1.807) is 6.20 Å². The van der Waals surface area contributed by atoms with Crippen molar-refractivity contribution in [1.82, 2.24) is 24.8 Å². The minimum absolute atomic E-state index is 0.0449. The minimum atomic E-state index is -0.0449. The molecule has 3 aromatic heterocycles. The topological polar surface area (TPSA) is 85.1 Å². The number of carbonyl (C=O) groups is 1. The zero-order valence-electron chi connectivity index (χ0n) is 13.9. The van der Waals surface area contributed by atoms with Crippen molar-refractivity contribution >= 4 is 38.8 Å². The molecule has 1 aliphatic rings. The lowest BCUT2D eigenvalue weighted by Crippen LogP contribution is -2.13. The van der Waals surface area contributed by atoms with Crippen LogP contribution in [0.2, 0.25) is 0 Å². The van der Waals surface area contributed by atoms with Gasteiger partial charge in [0.1, 0.15) is 5.01 Å². The number of pyridine rings is 1. The monoisotopic (exact) mass is 364 g/mol. The first-order valence-electron chi connectivity index (χ1n) is 8.62. The fourth-order valence-corrected chi connectivity index (χ4v) is 3.85. The second-order valence-electron chi connectivity index (χ2n) is 6.45. The van der Waals surface area contributed by atoms with Crippen LogP contribution >= 0.6 is 11.3 Å². The van der Waals surface area contributed by atoms with Crippen LogP contribution in [-0.2, 0) is 11.2 Å². The molecule has 26 heavy (non-hydrogen) atoms. The van der Waals surface area contributed by atoms with Crippen LogP contribution in [0.15, 0.2) is 36.5 Å². The highest BCUT2D eigenvalue weighted by atomic mass is 32.1. The van der Waals surface area contributed by atoms with Gasteiger partial charge < -0.3 is 5.32 Å². The van der Waals surface area contributed by atoms with Crippen LogP contribution in [0.3, 0.4) is 0 Å². The first-order chi connectivity index (χ1) is 12.8. The fourth-order valence-electron chi connectivity index (χ4n) is 3.01. The molecule has 0 radical (unpaired) electrons. The Labute approximate surface area is 153 Å². The normalized spacial score (nSPS) is 14.2. The maximum Gasteiger partial charge on any atom is 0.234 e. The lowest BCUT2D eigenvalue weighted by molar-refractivity contribution is -0.116. The van der Waals surface area contributed by atoms with Crippen molar-refractivity contribution in [2.75, 3.05) is 5.32 Å². The van der Waals surface area contributed by atoms with Gasteiger partial charge >= 0.3 is 0 Å². The third kappa shape index (κ3) is 2.82. The second-order valence-corrected chi connectivity index (χ2v) is 7.49. The van der Waals surface area contributed by atoms with Crippen LogP contribution in [0.4, 0.5) is 5.69 Å². The standard InChI is InChI=1S/C18H16N6OS/c25-14(20-13-5-1-3-11-4-2-10-19-16(11)13)8-9-15-23-24-17(12-6-7-12)21-22-18(24)26-15/h1-5,10,12H,6-9H2,(H,20,25). The molecule has 0 aliphatic heterocycles. The Bertz CT molecular complexity index is 1110. The van der Waals surface area contributed by atoms with E-state index in [1.807, 2.05) is 34.8 Å². The van der Waals surface area contributed by atoms with E-state index in [0.717, 1.165) is 45.2 Å². The molecule has 1 aromatic carbocycles. The van der Waals surface area contributed by atoms with E-state index in [2.05, 4.69) is 25.6 Å². The number of anilines is 1. The Balaban J connectivity index is 1.28. The lowest BCUT2D eigenvalue weighted by Gasteiger charge is -2.07. The van der Waals surface area contributed by atoms with E-state index >= 15 is 0 Å². The van der Waals surface area contributed by atoms with Crippen LogP contribution in [-0.4, -0.2) is 30.7 Å². The molecule has 1 fully saturated rings. The van der Waals surface area contributed by atoms with Gasteiger partial charge in [-0.2, -0.15) is 9.61 Å². The number of nitrogens with one attached hydrogen (secondary N) is 1.